The van der Waals surface area contributed by atoms with Gasteiger partial charge in [0.15, 0.2) is 22.9 Å². The molecule has 166 valence electrons. The molecule has 4 rings (SSSR count). The number of carbonyl (C=O) groups excluding carboxylic acids is 2. The van der Waals surface area contributed by atoms with Crippen LogP contribution in [-0.2, 0) is 4.79 Å². The molecule has 32 heavy (non-hydrogen) atoms. The quantitative estimate of drug-likeness (QED) is 0.417. The van der Waals surface area contributed by atoms with E-state index in [2.05, 4.69) is 0 Å². The molecule has 1 atom stereocenters. The first-order valence-corrected chi connectivity index (χ1v) is 10.9. The zero-order chi connectivity index (χ0) is 23.0. The van der Waals surface area contributed by atoms with Crippen molar-refractivity contribution in [2.45, 2.75) is 25.8 Å². The molecule has 6 nitrogen and oxygen atoms in total. The molecule has 0 fully saturated rings. The van der Waals surface area contributed by atoms with Crippen LogP contribution in [0.2, 0.25) is 10.0 Å². The van der Waals surface area contributed by atoms with Crippen LogP contribution < -0.4 is 4.74 Å². The second-order valence-corrected chi connectivity index (χ2v) is 8.41. The van der Waals surface area contributed by atoms with Crippen LogP contribution in [0.5, 0.6) is 5.75 Å². The van der Waals surface area contributed by atoms with Crippen LogP contribution in [0.4, 0.5) is 0 Å². The molecule has 1 aromatic heterocycles. The topological polar surface area (TPSA) is 80.0 Å². The van der Waals surface area contributed by atoms with Gasteiger partial charge in [-0.2, -0.15) is 0 Å². The fourth-order valence-electron chi connectivity index (χ4n) is 3.92. The Morgan fingerprint density at radius 2 is 1.88 bits per heavy atom. The number of fused-ring (bicyclic) bond motifs is 1. The highest BCUT2D eigenvalue weighted by molar-refractivity contribution is 6.31. The highest BCUT2D eigenvalue weighted by Gasteiger charge is 2.44. The third-order valence-corrected chi connectivity index (χ3v) is 5.95. The number of carbonyl (C=O) groups is 2. The average Bonchev–Trinajstić information content (AvgIpc) is 3.31. The smallest absolute Gasteiger partial charge is 0.290 e. The Labute approximate surface area is 195 Å². The van der Waals surface area contributed by atoms with Gasteiger partial charge >= 0.3 is 0 Å². The van der Waals surface area contributed by atoms with Crippen molar-refractivity contribution >= 4 is 45.9 Å². The molecule has 0 saturated carbocycles. The summed E-state index contributed by atoms with van der Waals surface area (Å²) in [5, 5.41) is 12.3. The van der Waals surface area contributed by atoms with Crippen molar-refractivity contribution in [3.63, 3.8) is 0 Å². The van der Waals surface area contributed by atoms with Gasteiger partial charge in [-0.3, -0.25) is 9.59 Å². The SMILES string of the molecule is CCCCN1C(=O)C(O)=C(C(=O)c2cc3cc(Cl)cc(OC)c3o2)C1c1ccc(Cl)cc1. The molecule has 3 aromatic rings. The van der Waals surface area contributed by atoms with Crippen molar-refractivity contribution < 1.29 is 23.8 Å². The van der Waals surface area contributed by atoms with Gasteiger partial charge in [0, 0.05) is 28.0 Å². The zero-order valence-corrected chi connectivity index (χ0v) is 19.0. The lowest BCUT2D eigenvalue weighted by molar-refractivity contribution is -0.129. The first kappa shape index (κ1) is 22.2. The largest absolute Gasteiger partial charge is 0.503 e. The highest BCUT2D eigenvalue weighted by Crippen LogP contribution is 2.41. The van der Waals surface area contributed by atoms with Crippen molar-refractivity contribution in [3.8, 4) is 5.75 Å². The van der Waals surface area contributed by atoms with E-state index in [4.69, 9.17) is 32.4 Å². The summed E-state index contributed by atoms with van der Waals surface area (Å²) in [6, 6.07) is 10.9. The van der Waals surface area contributed by atoms with Gasteiger partial charge in [-0.25, -0.2) is 0 Å². The van der Waals surface area contributed by atoms with Crippen molar-refractivity contribution in [3.05, 3.63) is 75.2 Å². The van der Waals surface area contributed by atoms with Crippen molar-refractivity contribution in [1.29, 1.82) is 0 Å². The summed E-state index contributed by atoms with van der Waals surface area (Å²) in [5.74, 6) is -1.38. The lowest BCUT2D eigenvalue weighted by Gasteiger charge is -2.26. The predicted molar refractivity (Wildman–Crippen MR) is 123 cm³/mol. The van der Waals surface area contributed by atoms with Crippen LogP contribution in [0.25, 0.3) is 11.0 Å². The fraction of sp³-hybridized carbons (Fsp3) is 0.250. The summed E-state index contributed by atoms with van der Waals surface area (Å²) >= 11 is 12.2. The molecule has 0 saturated heterocycles. The number of unbranched alkanes of at least 4 members (excludes halogenated alkanes) is 1. The Kier molecular flexibility index (Phi) is 6.17. The first-order chi connectivity index (χ1) is 15.3. The minimum atomic E-state index is -0.752. The number of aliphatic hydroxyl groups is 1. The van der Waals surface area contributed by atoms with Gasteiger partial charge in [-0.1, -0.05) is 48.7 Å². The summed E-state index contributed by atoms with van der Waals surface area (Å²) < 4.78 is 11.1. The Morgan fingerprint density at radius 3 is 2.53 bits per heavy atom. The molecular formula is C24H21Cl2NO5. The Morgan fingerprint density at radius 1 is 1.16 bits per heavy atom. The van der Waals surface area contributed by atoms with E-state index in [1.54, 1.807) is 36.4 Å². The standard InChI is InChI=1S/C24H21Cl2NO5/c1-3-4-9-27-20(13-5-7-15(25)8-6-13)19(22(29)24(27)30)21(28)17-11-14-10-16(26)12-18(31-2)23(14)32-17/h5-8,10-12,20,29H,3-4,9H2,1-2H3. The zero-order valence-electron chi connectivity index (χ0n) is 17.5. The molecule has 0 spiro atoms. The van der Waals surface area contributed by atoms with Gasteiger partial charge in [0.05, 0.1) is 18.7 Å². The number of furan rings is 1. The van der Waals surface area contributed by atoms with Gasteiger partial charge in [0.2, 0.25) is 5.78 Å². The van der Waals surface area contributed by atoms with Crippen molar-refractivity contribution in [1.82, 2.24) is 4.90 Å². The van der Waals surface area contributed by atoms with Crippen molar-refractivity contribution in [2.75, 3.05) is 13.7 Å². The molecule has 1 amide bonds. The van der Waals surface area contributed by atoms with E-state index in [1.165, 1.54) is 18.1 Å². The van der Waals surface area contributed by atoms with E-state index < -0.39 is 23.5 Å². The van der Waals surface area contributed by atoms with Crippen LogP contribution in [0, 0.1) is 0 Å². The predicted octanol–water partition coefficient (Wildman–Crippen LogP) is 6.13. The van der Waals surface area contributed by atoms with E-state index in [1.807, 2.05) is 6.92 Å². The number of aliphatic hydroxyl groups excluding tert-OH is 1. The lowest BCUT2D eigenvalue weighted by Crippen LogP contribution is -2.32. The molecule has 2 aromatic carbocycles. The summed E-state index contributed by atoms with van der Waals surface area (Å²) in [6.07, 6.45) is 1.58. The van der Waals surface area contributed by atoms with Gasteiger partial charge in [-0.15, -0.1) is 0 Å². The Balaban J connectivity index is 1.82. The third kappa shape index (κ3) is 3.85. The second kappa shape index (κ2) is 8.88. The van der Waals surface area contributed by atoms with Gasteiger partial charge < -0.3 is 19.2 Å². The maximum Gasteiger partial charge on any atom is 0.290 e. The van der Waals surface area contributed by atoms with E-state index in [0.717, 1.165) is 12.8 Å². The molecule has 1 aliphatic rings. The molecule has 1 N–H and O–H groups in total. The summed E-state index contributed by atoms with van der Waals surface area (Å²) in [4.78, 5) is 27.9. The number of ketones is 1. The van der Waals surface area contributed by atoms with E-state index in [0.29, 0.717) is 38.9 Å². The number of rotatable bonds is 7. The van der Waals surface area contributed by atoms with Crippen LogP contribution >= 0.6 is 23.2 Å². The number of hydrogen-bond donors (Lipinski definition) is 1. The fourth-order valence-corrected chi connectivity index (χ4v) is 4.26. The number of halogens is 2. The van der Waals surface area contributed by atoms with Crippen LogP contribution in [-0.4, -0.2) is 35.4 Å². The first-order valence-electron chi connectivity index (χ1n) is 10.2. The second-order valence-electron chi connectivity index (χ2n) is 7.53. The number of amides is 1. The third-order valence-electron chi connectivity index (χ3n) is 5.48. The molecule has 0 aliphatic carbocycles. The van der Waals surface area contributed by atoms with Crippen molar-refractivity contribution in [2.24, 2.45) is 0 Å². The van der Waals surface area contributed by atoms with E-state index in [9.17, 15) is 14.7 Å². The minimum Gasteiger partial charge on any atom is -0.503 e. The molecule has 1 unspecified atom stereocenters. The minimum absolute atomic E-state index is 0.0220. The molecule has 0 radical (unpaired) electrons. The van der Waals surface area contributed by atoms with Gasteiger partial charge in [0.25, 0.3) is 5.91 Å². The maximum absolute atomic E-state index is 13.5. The monoisotopic (exact) mass is 473 g/mol. The molecule has 0 bridgehead atoms. The van der Waals surface area contributed by atoms with Crippen LogP contribution in [0.1, 0.15) is 41.9 Å². The number of nitrogens with zero attached hydrogens (tertiary/aromatic N) is 1. The normalized spacial score (nSPS) is 16.3. The average molecular weight is 474 g/mol. The van der Waals surface area contributed by atoms with E-state index in [-0.39, 0.29) is 11.3 Å². The summed E-state index contributed by atoms with van der Waals surface area (Å²) in [7, 11) is 1.47. The number of methoxy groups -OCH3 is 1. The van der Waals surface area contributed by atoms with Gasteiger partial charge in [-0.05, 0) is 36.2 Å². The number of hydrogen-bond acceptors (Lipinski definition) is 5. The maximum atomic E-state index is 13.5. The summed E-state index contributed by atoms with van der Waals surface area (Å²) in [5.41, 5.74) is 0.996. The molecule has 8 heteroatoms. The van der Waals surface area contributed by atoms with Crippen LogP contribution in [0.15, 0.2) is 58.2 Å². The Hall–Kier alpha value is -2.96. The number of ether oxygens (including phenoxy) is 1. The Bertz CT molecular complexity index is 1230. The van der Waals surface area contributed by atoms with Crippen LogP contribution in [0.3, 0.4) is 0 Å². The van der Waals surface area contributed by atoms with E-state index >= 15 is 0 Å². The molecule has 2 heterocycles. The number of Topliss-reactive ketones (excluding diaryl/α,β-unsaturated/α-hetero) is 1. The lowest BCUT2D eigenvalue weighted by atomic mass is 9.95. The highest BCUT2D eigenvalue weighted by atomic mass is 35.5. The molecule has 1 aliphatic heterocycles. The number of benzene rings is 2. The summed E-state index contributed by atoms with van der Waals surface area (Å²) in [6.45, 7) is 2.40. The van der Waals surface area contributed by atoms with Gasteiger partial charge in [0.1, 0.15) is 0 Å². The molecular weight excluding hydrogens is 453 g/mol.